The number of hydrogen-bond acceptors (Lipinski definition) is 4. The Balaban J connectivity index is 2.16. The van der Waals surface area contributed by atoms with E-state index in [1.807, 2.05) is 0 Å². The summed E-state index contributed by atoms with van der Waals surface area (Å²) in [6.07, 6.45) is 1.31. The SMILES string of the molecule is CC(C)(O)C(=O)N/N=C\c1cc(Cl)ccc1OCc1c(F)cccc1Cl. The largest absolute Gasteiger partial charge is 0.488 e. The van der Waals surface area contributed by atoms with Gasteiger partial charge in [0, 0.05) is 16.1 Å². The molecule has 0 heterocycles. The average molecular weight is 399 g/mol. The Morgan fingerprint density at radius 2 is 2.08 bits per heavy atom. The first-order chi connectivity index (χ1) is 12.2. The number of amides is 1. The smallest absolute Gasteiger partial charge is 0.271 e. The van der Waals surface area contributed by atoms with Crippen LogP contribution in [0.15, 0.2) is 41.5 Å². The first-order valence-electron chi connectivity index (χ1n) is 7.59. The van der Waals surface area contributed by atoms with Gasteiger partial charge in [0.1, 0.15) is 23.8 Å². The van der Waals surface area contributed by atoms with Gasteiger partial charge in [-0.05, 0) is 44.2 Å². The molecule has 0 saturated carbocycles. The number of carbonyl (C=O) groups is 1. The zero-order valence-electron chi connectivity index (χ0n) is 14.1. The van der Waals surface area contributed by atoms with Crippen LogP contribution in [0, 0.1) is 5.82 Å². The number of benzene rings is 2. The molecule has 2 rings (SSSR count). The molecule has 138 valence electrons. The number of hydrazone groups is 1. The summed E-state index contributed by atoms with van der Waals surface area (Å²) in [5, 5.41) is 14.0. The minimum atomic E-state index is -1.56. The maximum absolute atomic E-state index is 13.8. The van der Waals surface area contributed by atoms with Crippen molar-refractivity contribution in [3.8, 4) is 5.75 Å². The predicted octanol–water partition coefficient (Wildman–Crippen LogP) is 3.93. The number of carbonyl (C=O) groups excluding carboxylic acids is 1. The van der Waals surface area contributed by atoms with E-state index in [0.717, 1.165) is 0 Å². The second-order valence-corrected chi connectivity index (χ2v) is 6.77. The topological polar surface area (TPSA) is 70.9 Å². The Labute approximate surface area is 160 Å². The van der Waals surface area contributed by atoms with Crippen molar-refractivity contribution in [2.45, 2.75) is 26.1 Å². The van der Waals surface area contributed by atoms with Crippen LogP contribution in [0.4, 0.5) is 4.39 Å². The van der Waals surface area contributed by atoms with E-state index in [1.165, 1.54) is 32.2 Å². The van der Waals surface area contributed by atoms with Gasteiger partial charge in [0.15, 0.2) is 0 Å². The summed E-state index contributed by atoms with van der Waals surface area (Å²) < 4.78 is 19.5. The number of aliphatic hydroxyl groups is 1. The summed E-state index contributed by atoms with van der Waals surface area (Å²) in [7, 11) is 0. The fraction of sp³-hybridized carbons (Fsp3) is 0.222. The third kappa shape index (κ3) is 5.42. The van der Waals surface area contributed by atoms with E-state index < -0.39 is 17.3 Å². The van der Waals surface area contributed by atoms with Gasteiger partial charge in [-0.3, -0.25) is 4.79 Å². The van der Waals surface area contributed by atoms with Crippen molar-refractivity contribution in [2.24, 2.45) is 5.10 Å². The van der Waals surface area contributed by atoms with Gasteiger partial charge in [-0.25, -0.2) is 9.82 Å². The first-order valence-corrected chi connectivity index (χ1v) is 8.35. The van der Waals surface area contributed by atoms with Gasteiger partial charge >= 0.3 is 0 Å². The lowest BCUT2D eigenvalue weighted by Crippen LogP contribution is -2.39. The molecule has 0 aliphatic rings. The van der Waals surface area contributed by atoms with Crippen LogP contribution in [0.25, 0.3) is 0 Å². The molecule has 0 unspecified atom stereocenters. The van der Waals surface area contributed by atoms with E-state index in [2.05, 4.69) is 10.5 Å². The van der Waals surface area contributed by atoms with Crippen molar-refractivity contribution in [1.29, 1.82) is 0 Å². The molecule has 26 heavy (non-hydrogen) atoms. The quantitative estimate of drug-likeness (QED) is 0.571. The Morgan fingerprint density at radius 1 is 1.35 bits per heavy atom. The molecule has 0 atom stereocenters. The molecule has 8 heteroatoms. The number of nitrogens with one attached hydrogen (secondary N) is 1. The highest BCUT2D eigenvalue weighted by Gasteiger charge is 2.23. The van der Waals surface area contributed by atoms with Crippen molar-refractivity contribution in [3.05, 3.63) is 63.4 Å². The van der Waals surface area contributed by atoms with Crippen LogP contribution >= 0.6 is 23.2 Å². The average Bonchev–Trinajstić information content (AvgIpc) is 2.55. The van der Waals surface area contributed by atoms with Crippen LogP contribution in [0.3, 0.4) is 0 Å². The van der Waals surface area contributed by atoms with Gasteiger partial charge < -0.3 is 9.84 Å². The molecule has 0 fully saturated rings. The zero-order chi connectivity index (χ0) is 19.3. The highest BCUT2D eigenvalue weighted by Crippen LogP contribution is 2.25. The minimum absolute atomic E-state index is 0.0932. The van der Waals surface area contributed by atoms with E-state index in [9.17, 15) is 14.3 Å². The molecule has 0 radical (unpaired) electrons. The van der Waals surface area contributed by atoms with Crippen LogP contribution in [-0.2, 0) is 11.4 Å². The number of hydrogen-bond donors (Lipinski definition) is 2. The second kappa shape index (κ2) is 8.49. The Hall–Kier alpha value is -2.15. The molecule has 0 aromatic heterocycles. The van der Waals surface area contributed by atoms with Crippen LogP contribution < -0.4 is 10.2 Å². The molecule has 0 aliphatic heterocycles. The van der Waals surface area contributed by atoms with E-state index in [0.29, 0.717) is 16.3 Å². The fourth-order valence-electron chi connectivity index (χ4n) is 1.87. The summed E-state index contributed by atoms with van der Waals surface area (Å²) in [5.74, 6) is -0.773. The second-order valence-electron chi connectivity index (χ2n) is 5.93. The Morgan fingerprint density at radius 3 is 2.73 bits per heavy atom. The lowest BCUT2D eigenvalue weighted by Gasteiger charge is -2.14. The first kappa shape index (κ1) is 20.2. The Kier molecular flexibility index (Phi) is 6.58. The molecule has 0 saturated heterocycles. The summed E-state index contributed by atoms with van der Waals surface area (Å²) in [5.41, 5.74) is 1.33. The number of halogens is 3. The third-order valence-electron chi connectivity index (χ3n) is 3.33. The van der Waals surface area contributed by atoms with Crippen LogP contribution in [0.5, 0.6) is 5.75 Å². The van der Waals surface area contributed by atoms with Crippen molar-refractivity contribution < 1.29 is 19.0 Å². The summed E-state index contributed by atoms with van der Waals surface area (Å²) >= 11 is 12.0. The standard InChI is InChI=1S/C18H17Cl2FN2O3/c1-18(2,25)17(24)23-22-9-11-8-12(19)6-7-16(11)26-10-13-14(20)4-3-5-15(13)21/h3-9,25H,10H2,1-2H3,(H,23,24)/b22-9-. The molecular formula is C18H17Cl2FN2O3. The molecule has 2 aromatic carbocycles. The number of nitrogens with zero attached hydrogens (tertiary/aromatic N) is 1. The van der Waals surface area contributed by atoms with Gasteiger partial charge in [0.2, 0.25) is 0 Å². The number of rotatable bonds is 6. The summed E-state index contributed by atoms with van der Waals surface area (Å²) in [6.45, 7) is 2.58. The van der Waals surface area contributed by atoms with Crippen molar-refractivity contribution in [1.82, 2.24) is 5.43 Å². The molecule has 5 nitrogen and oxygen atoms in total. The Bertz CT molecular complexity index is 815. The van der Waals surface area contributed by atoms with E-state index in [-0.39, 0.29) is 17.2 Å². The predicted molar refractivity (Wildman–Crippen MR) is 99.2 cm³/mol. The maximum atomic E-state index is 13.8. The van der Waals surface area contributed by atoms with Gasteiger partial charge in [-0.2, -0.15) is 5.10 Å². The van der Waals surface area contributed by atoms with Crippen molar-refractivity contribution in [3.63, 3.8) is 0 Å². The molecule has 1 amide bonds. The van der Waals surface area contributed by atoms with Gasteiger partial charge in [-0.1, -0.05) is 29.3 Å². The van der Waals surface area contributed by atoms with Crippen molar-refractivity contribution in [2.75, 3.05) is 0 Å². The molecule has 2 N–H and O–H groups in total. The van der Waals surface area contributed by atoms with Gasteiger partial charge in [-0.15, -0.1) is 0 Å². The summed E-state index contributed by atoms with van der Waals surface area (Å²) in [4.78, 5) is 11.6. The van der Waals surface area contributed by atoms with Crippen LogP contribution in [-0.4, -0.2) is 22.8 Å². The minimum Gasteiger partial charge on any atom is -0.488 e. The molecule has 0 aliphatic carbocycles. The normalized spacial score (nSPS) is 11.6. The highest BCUT2D eigenvalue weighted by molar-refractivity contribution is 6.31. The van der Waals surface area contributed by atoms with E-state index in [4.69, 9.17) is 27.9 Å². The summed E-state index contributed by atoms with van der Waals surface area (Å²) in [6, 6.07) is 9.13. The molecule has 0 bridgehead atoms. The maximum Gasteiger partial charge on any atom is 0.271 e. The fourth-order valence-corrected chi connectivity index (χ4v) is 2.27. The lowest BCUT2D eigenvalue weighted by molar-refractivity contribution is -0.136. The monoisotopic (exact) mass is 398 g/mol. The molecular weight excluding hydrogens is 382 g/mol. The van der Waals surface area contributed by atoms with Crippen LogP contribution in [0.2, 0.25) is 10.0 Å². The molecule has 2 aromatic rings. The molecule has 0 spiro atoms. The van der Waals surface area contributed by atoms with Gasteiger partial charge in [0.05, 0.1) is 11.2 Å². The van der Waals surface area contributed by atoms with Crippen LogP contribution in [0.1, 0.15) is 25.0 Å². The zero-order valence-corrected chi connectivity index (χ0v) is 15.6. The van der Waals surface area contributed by atoms with Gasteiger partial charge in [0.25, 0.3) is 5.91 Å². The highest BCUT2D eigenvalue weighted by atomic mass is 35.5. The van der Waals surface area contributed by atoms with E-state index >= 15 is 0 Å². The number of ether oxygens (including phenoxy) is 1. The van der Waals surface area contributed by atoms with E-state index in [1.54, 1.807) is 24.3 Å². The third-order valence-corrected chi connectivity index (χ3v) is 3.92. The van der Waals surface area contributed by atoms with Crippen molar-refractivity contribution >= 4 is 35.3 Å². The lowest BCUT2D eigenvalue weighted by atomic mass is 10.1.